The molecule has 0 bridgehead atoms. The number of ketones is 2. The van der Waals surface area contributed by atoms with Crippen molar-refractivity contribution in [2.24, 2.45) is 0 Å². The Labute approximate surface area is 156 Å². The second-order valence-corrected chi connectivity index (χ2v) is 6.89. The normalized spacial score (nSPS) is 17.8. The van der Waals surface area contributed by atoms with Crippen LogP contribution in [0, 0.1) is 0 Å². The van der Waals surface area contributed by atoms with Gasteiger partial charge in [-0.2, -0.15) is 0 Å². The highest BCUT2D eigenvalue weighted by atomic mass is 35.5. The number of carbonyl (C=O) groups excluding carboxylic acids is 2. The van der Waals surface area contributed by atoms with E-state index in [4.69, 9.17) is 23.2 Å². The van der Waals surface area contributed by atoms with Crippen LogP contribution in [0.4, 0.5) is 0 Å². The number of nitrogens with one attached hydrogen (secondary N) is 1. The monoisotopic (exact) mass is 373 g/mol. The lowest BCUT2D eigenvalue weighted by Gasteiger charge is -2.17. The van der Waals surface area contributed by atoms with Gasteiger partial charge in [0.2, 0.25) is 11.6 Å². The summed E-state index contributed by atoms with van der Waals surface area (Å²) >= 11 is 12.0. The summed E-state index contributed by atoms with van der Waals surface area (Å²) in [4.78, 5) is 24.1. The first kappa shape index (κ1) is 17.7. The Morgan fingerprint density at radius 1 is 0.960 bits per heavy atom. The van der Waals surface area contributed by atoms with Gasteiger partial charge in [-0.25, -0.2) is 0 Å². The second kappa shape index (κ2) is 7.85. The van der Waals surface area contributed by atoms with Crippen LogP contribution in [0.3, 0.4) is 0 Å². The van der Waals surface area contributed by atoms with Gasteiger partial charge in [-0.3, -0.25) is 9.59 Å². The second-order valence-electron chi connectivity index (χ2n) is 6.07. The summed E-state index contributed by atoms with van der Waals surface area (Å²) in [6.07, 6.45) is 2.27. The van der Waals surface area contributed by atoms with Gasteiger partial charge in [0, 0.05) is 24.7 Å². The minimum Gasteiger partial charge on any atom is -0.384 e. The molecule has 0 spiro atoms. The van der Waals surface area contributed by atoms with Gasteiger partial charge in [-0.05, 0) is 35.6 Å². The van der Waals surface area contributed by atoms with Crippen molar-refractivity contribution in [1.82, 2.24) is 5.32 Å². The zero-order valence-corrected chi connectivity index (χ0v) is 15.0. The summed E-state index contributed by atoms with van der Waals surface area (Å²) in [5.41, 5.74) is 2.78. The van der Waals surface area contributed by atoms with E-state index in [0.717, 1.165) is 16.8 Å². The lowest BCUT2D eigenvalue weighted by Crippen LogP contribution is -2.15. The number of rotatable bonds is 4. The van der Waals surface area contributed by atoms with Gasteiger partial charge in [-0.1, -0.05) is 59.6 Å². The molecule has 0 fully saturated rings. The van der Waals surface area contributed by atoms with Gasteiger partial charge >= 0.3 is 0 Å². The van der Waals surface area contributed by atoms with Gasteiger partial charge in [0.25, 0.3) is 0 Å². The van der Waals surface area contributed by atoms with Crippen molar-refractivity contribution in [3.8, 4) is 0 Å². The van der Waals surface area contributed by atoms with Crippen LogP contribution >= 0.6 is 23.2 Å². The molecule has 1 aliphatic carbocycles. The average molecular weight is 374 g/mol. The highest BCUT2D eigenvalue weighted by Crippen LogP contribution is 2.29. The van der Waals surface area contributed by atoms with Crippen molar-refractivity contribution < 1.29 is 9.59 Å². The molecule has 128 valence electrons. The van der Waals surface area contributed by atoms with E-state index in [2.05, 4.69) is 5.32 Å². The predicted molar refractivity (Wildman–Crippen MR) is 99.8 cm³/mol. The number of halogens is 2. The molecule has 0 aliphatic heterocycles. The van der Waals surface area contributed by atoms with Crippen molar-refractivity contribution >= 4 is 34.8 Å². The average Bonchev–Trinajstić information content (AvgIpc) is 2.76. The molecule has 0 amide bonds. The molecule has 2 aromatic rings. The summed E-state index contributed by atoms with van der Waals surface area (Å²) in [6, 6.07) is 15.2. The van der Waals surface area contributed by atoms with E-state index in [0.29, 0.717) is 23.0 Å². The summed E-state index contributed by atoms with van der Waals surface area (Å²) in [7, 11) is 0. The van der Waals surface area contributed by atoms with Gasteiger partial charge < -0.3 is 5.32 Å². The first-order valence-electron chi connectivity index (χ1n) is 8.03. The highest BCUT2D eigenvalue weighted by molar-refractivity contribution is 6.42. The van der Waals surface area contributed by atoms with Crippen LogP contribution in [0.1, 0.15) is 29.9 Å². The fourth-order valence-corrected chi connectivity index (χ4v) is 3.23. The van der Waals surface area contributed by atoms with Crippen molar-refractivity contribution in [3.63, 3.8) is 0 Å². The Kier molecular flexibility index (Phi) is 5.57. The highest BCUT2D eigenvalue weighted by Gasteiger charge is 2.25. The van der Waals surface area contributed by atoms with E-state index in [1.807, 2.05) is 36.4 Å². The molecule has 0 unspecified atom stereocenters. The summed E-state index contributed by atoms with van der Waals surface area (Å²) in [5, 5.41) is 4.26. The minimum atomic E-state index is -0.449. The molecular formula is C20H17Cl2NO2. The Morgan fingerprint density at radius 3 is 2.44 bits per heavy atom. The van der Waals surface area contributed by atoms with E-state index < -0.39 is 5.78 Å². The predicted octanol–water partition coefficient (Wildman–Crippen LogP) is 4.68. The molecule has 0 heterocycles. The van der Waals surface area contributed by atoms with Crippen LogP contribution in [0.25, 0.3) is 0 Å². The number of benzene rings is 2. The molecular weight excluding hydrogens is 357 g/mol. The zero-order valence-electron chi connectivity index (χ0n) is 13.5. The number of carbonyl (C=O) groups is 2. The molecule has 0 aromatic heterocycles. The molecule has 3 nitrogen and oxygen atoms in total. The SMILES string of the molecule is O=C1C=C(NCc2ccc(Cl)c(Cl)c2)C[C@@H](c2ccccc2)CC1=O. The third-order valence-electron chi connectivity index (χ3n) is 4.25. The molecule has 25 heavy (non-hydrogen) atoms. The molecule has 1 aliphatic rings. The first-order valence-corrected chi connectivity index (χ1v) is 8.79. The number of allylic oxidation sites excluding steroid dienone is 2. The first-order chi connectivity index (χ1) is 12.0. The van der Waals surface area contributed by atoms with E-state index in [9.17, 15) is 9.59 Å². The Bertz CT molecular complexity index is 831. The summed E-state index contributed by atoms with van der Waals surface area (Å²) < 4.78 is 0. The largest absolute Gasteiger partial charge is 0.384 e. The summed E-state index contributed by atoms with van der Waals surface area (Å²) in [5.74, 6) is -0.803. The lowest BCUT2D eigenvalue weighted by atomic mass is 9.91. The van der Waals surface area contributed by atoms with Crippen LogP contribution in [0.2, 0.25) is 10.0 Å². The quantitative estimate of drug-likeness (QED) is 0.791. The minimum absolute atomic E-state index is 0.00675. The van der Waals surface area contributed by atoms with Crippen molar-refractivity contribution in [2.45, 2.75) is 25.3 Å². The van der Waals surface area contributed by atoms with E-state index in [1.54, 1.807) is 12.1 Å². The molecule has 0 radical (unpaired) electrons. The molecule has 0 saturated carbocycles. The standard InChI is InChI=1S/C20H17Cl2NO2/c21-17-7-6-13(8-18(17)22)12-23-16-9-15(10-19(24)20(25)11-16)14-4-2-1-3-5-14/h1-8,11,15,23H,9-10,12H2/t15-/m1/s1. The number of hydrogen-bond donors (Lipinski definition) is 1. The maximum absolute atomic E-state index is 12.0. The zero-order chi connectivity index (χ0) is 17.8. The number of Topliss-reactive ketones (excluding diaryl/α,β-unsaturated/α-hetero) is 1. The smallest absolute Gasteiger partial charge is 0.223 e. The fourth-order valence-electron chi connectivity index (χ4n) is 2.91. The van der Waals surface area contributed by atoms with E-state index in [1.165, 1.54) is 6.08 Å². The molecule has 0 saturated heterocycles. The van der Waals surface area contributed by atoms with Crippen LogP contribution in [-0.2, 0) is 16.1 Å². The third kappa shape index (κ3) is 4.50. The Balaban J connectivity index is 1.76. The molecule has 1 N–H and O–H groups in total. The van der Waals surface area contributed by atoms with Crippen LogP contribution in [0.5, 0.6) is 0 Å². The van der Waals surface area contributed by atoms with Crippen LogP contribution in [-0.4, -0.2) is 11.6 Å². The van der Waals surface area contributed by atoms with Crippen LogP contribution < -0.4 is 5.32 Å². The van der Waals surface area contributed by atoms with Gasteiger partial charge in [0.1, 0.15) is 0 Å². The molecule has 3 rings (SSSR count). The Morgan fingerprint density at radius 2 is 1.72 bits per heavy atom. The Hall–Kier alpha value is -2.10. The van der Waals surface area contributed by atoms with Crippen molar-refractivity contribution in [3.05, 3.63) is 81.5 Å². The maximum Gasteiger partial charge on any atom is 0.223 e. The van der Waals surface area contributed by atoms with E-state index >= 15 is 0 Å². The maximum atomic E-state index is 12.0. The topological polar surface area (TPSA) is 46.2 Å². The van der Waals surface area contributed by atoms with Gasteiger partial charge in [0.15, 0.2) is 0 Å². The summed E-state index contributed by atoms with van der Waals surface area (Å²) in [6.45, 7) is 0.506. The lowest BCUT2D eigenvalue weighted by molar-refractivity contribution is -0.133. The fraction of sp³-hybridized carbons (Fsp3) is 0.200. The van der Waals surface area contributed by atoms with Crippen molar-refractivity contribution in [1.29, 1.82) is 0 Å². The van der Waals surface area contributed by atoms with E-state index in [-0.39, 0.29) is 18.1 Å². The van der Waals surface area contributed by atoms with Gasteiger partial charge in [0.05, 0.1) is 10.0 Å². The number of hydrogen-bond acceptors (Lipinski definition) is 3. The third-order valence-corrected chi connectivity index (χ3v) is 4.99. The van der Waals surface area contributed by atoms with Gasteiger partial charge in [-0.15, -0.1) is 0 Å². The van der Waals surface area contributed by atoms with Crippen LogP contribution in [0.15, 0.2) is 60.3 Å². The van der Waals surface area contributed by atoms with Crippen molar-refractivity contribution in [2.75, 3.05) is 0 Å². The molecule has 1 atom stereocenters. The molecule has 5 heteroatoms. The molecule has 2 aromatic carbocycles.